The molecule has 0 radical (unpaired) electrons. The lowest BCUT2D eigenvalue weighted by atomic mass is 10.1. The maximum Gasteiger partial charge on any atom is 0.238 e. The van der Waals surface area contributed by atoms with E-state index >= 15 is 0 Å². The molecule has 0 atom stereocenters. The predicted octanol–water partition coefficient (Wildman–Crippen LogP) is 2.92. The van der Waals surface area contributed by atoms with Crippen LogP contribution >= 0.6 is 0 Å². The fraction of sp³-hybridized carbons (Fsp3) is 0.440. The van der Waals surface area contributed by atoms with Gasteiger partial charge >= 0.3 is 0 Å². The third-order valence-electron chi connectivity index (χ3n) is 6.19. The van der Waals surface area contributed by atoms with E-state index in [0.717, 1.165) is 37.4 Å². The summed E-state index contributed by atoms with van der Waals surface area (Å²) in [5.74, 6) is 0.152. The van der Waals surface area contributed by atoms with Gasteiger partial charge in [-0.1, -0.05) is 29.8 Å². The minimum Gasteiger partial charge on any atom is -0.372 e. The SMILES string of the molecule is Cc1ccc(CC(=O)N2CCN(CC(=O)Nc3ccc(N4CCCC4)cc3)CC2)cc1. The number of amides is 2. The number of nitrogens with zero attached hydrogens (tertiary/aromatic N) is 3. The van der Waals surface area contributed by atoms with Gasteiger partial charge in [-0.15, -0.1) is 0 Å². The molecule has 0 aromatic heterocycles. The molecule has 2 fully saturated rings. The van der Waals surface area contributed by atoms with Crippen molar-refractivity contribution in [3.05, 3.63) is 59.7 Å². The summed E-state index contributed by atoms with van der Waals surface area (Å²) in [6, 6.07) is 16.2. The zero-order chi connectivity index (χ0) is 21.6. The summed E-state index contributed by atoms with van der Waals surface area (Å²) in [5, 5.41) is 3.00. The summed E-state index contributed by atoms with van der Waals surface area (Å²) >= 11 is 0. The molecule has 0 spiro atoms. The Labute approximate surface area is 184 Å². The Hall–Kier alpha value is -2.86. The second-order valence-corrected chi connectivity index (χ2v) is 8.61. The highest BCUT2D eigenvalue weighted by Gasteiger charge is 2.22. The number of piperazine rings is 1. The first-order valence-electron chi connectivity index (χ1n) is 11.3. The van der Waals surface area contributed by atoms with Gasteiger partial charge in [0.15, 0.2) is 0 Å². The van der Waals surface area contributed by atoms with E-state index in [9.17, 15) is 9.59 Å². The second-order valence-electron chi connectivity index (χ2n) is 8.61. The van der Waals surface area contributed by atoms with E-state index in [1.54, 1.807) is 0 Å². The van der Waals surface area contributed by atoms with Gasteiger partial charge in [0.05, 0.1) is 13.0 Å². The molecule has 1 N–H and O–H groups in total. The Kier molecular flexibility index (Phi) is 6.87. The normalized spacial score (nSPS) is 17.1. The van der Waals surface area contributed by atoms with Crippen LogP contribution in [0.15, 0.2) is 48.5 Å². The van der Waals surface area contributed by atoms with Crippen LogP contribution in [0.1, 0.15) is 24.0 Å². The molecule has 2 amide bonds. The number of nitrogens with one attached hydrogen (secondary N) is 1. The predicted molar refractivity (Wildman–Crippen MR) is 124 cm³/mol. The van der Waals surface area contributed by atoms with Crippen LogP contribution in [-0.2, 0) is 16.0 Å². The van der Waals surface area contributed by atoms with Crippen molar-refractivity contribution < 1.29 is 9.59 Å². The molecule has 4 rings (SSSR count). The average Bonchev–Trinajstić information content (AvgIpc) is 3.31. The first-order valence-corrected chi connectivity index (χ1v) is 11.3. The Morgan fingerprint density at radius 3 is 2.13 bits per heavy atom. The summed E-state index contributed by atoms with van der Waals surface area (Å²) < 4.78 is 0. The largest absolute Gasteiger partial charge is 0.372 e. The number of benzene rings is 2. The number of hydrogen-bond acceptors (Lipinski definition) is 4. The van der Waals surface area contributed by atoms with Gasteiger partial charge in [-0.05, 0) is 49.6 Å². The zero-order valence-electron chi connectivity index (χ0n) is 18.3. The first-order chi connectivity index (χ1) is 15.1. The van der Waals surface area contributed by atoms with Gasteiger partial charge in [0.25, 0.3) is 0 Å². The third kappa shape index (κ3) is 5.85. The van der Waals surface area contributed by atoms with Gasteiger partial charge in [0.2, 0.25) is 11.8 Å². The van der Waals surface area contributed by atoms with E-state index in [1.165, 1.54) is 24.1 Å². The number of rotatable bonds is 6. The Morgan fingerprint density at radius 2 is 1.48 bits per heavy atom. The monoisotopic (exact) mass is 420 g/mol. The second kappa shape index (κ2) is 9.96. The van der Waals surface area contributed by atoms with Gasteiger partial charge in [0.1, 0.15) is 0 Å². The molecule has 0 bridgehead atoms. The van der Waals surface area contributed by atoms with E-state index in [1.807, 2.05) is 48.2 Å². The lowest BCUT2D eigenvalue weighted by Crippen LogP contribution is -2.50. The van der Waals surface area contributed by atoms with Gasteiger partial charge < -0.3 is 15.1 Å². The van der Waals surface area contributed by atoms with E-state index in [0.29, 0.717) is 26.1 Å². The Balaban J connectivity index is 1.20. The van der Waals surface area contributed by atoms with E-state index in [2.05, 4.69) is 27.2 Å². The molecule has 164 valence electrons. The fourth-order valence-electron chi connectivity index (χ4n) is 4.28. The van der Waals surface area contributed by atoms with Crippen LogP contribution in [0, 0.1) is 6.92 Å². The van der Waals surface area contributed by atoms with Crippen LogP contribution in [0.25, 0.3) is 0 Å². The fourth-order valence-corrected chi connectivity index (χ4v) is 4.28. The minimum absolute atomic E-state index is 0.00615. The third-order valence-corrected chi connectivity index (χ3v) is 6.19. The standard InChI is InChI=1S/C25H32N4O2/c1-20-4-6-21(7-5-20)18-25(31)29-16-14-27(15-17-29)19-24(30)26-22-8-10-23(11-9-22)28-12-2-3-13-28/h4-11H,2-3,12-19H2,1H3,(H,26,30). The molecule has 2 saturated heterocycles. The van der Waals surface area contributed by atoms with Crippen LogP contribution in [-0.4, -0.2) is 67.4 Å². The summed E-state index contributed by atoms with van der Waals surface area (Å²) in [6.07, 6.45) is 2.95. The molecule has 2 aliphatic heterocycles. The molecule has 2 aromatic carbocycles. The zero-order valence-corrected chi connectivity index (χ0v) is 18.3. The van der Waals surface area contributed by atoms with Crippen molar-refractivity contribution in [1.29, 1.82) is 0 Å². The molecular formula is C25H32N4O2. The molecule has 6 heteroatoms. The molecule has 0 aliphatic carbocycles. The number of carbonyl (C=O) groups is 2. The van der Waals surface area contributed by atoms with Crippen LogP contribution in [0.2, 0.25) is 0 Å². The molecular weight excluding hydrogens is 388 g/mol. The molecule has 0 saturated carbocycles. The van der Waals surface area contributed by atoms with E-state index < -0.39 is 0 Å². The summed E-state index contributed by atoms with van der Waals surface area (Å²) in [5.41, 5.74) is 4.31. The summed E-state index contributed by atoms with van der Waals surface area (Å²) in [7, 11) is 0. The van der Waals surface area contributed by atoms with Gasteiger partial charge in [-0.2, -0.15) is 0 Å². The molecule has 31 heavy (non-hydrogen) atoms. The average molecular weight is 421 g/mol. The molecule has 2 aromatic rings. The van der Waals surface area contributed by atoms with Gasteiger partial charge in [-0.3, -0.25) is 14.5 Å². The number of carbonyl (C=O) groups excluding carboxylic acids is 2. The minimum atomic E-state index is -0.00615. The summed E-state index contributed by atoms with van der Waals surface area (Å²) in [4.78, 5) is 31.4. The Morgan fingerprint density at radius 1 is 0.839 bits per heavy atom. The molecule has 2 heterocycles. The molecule has 2 aliphatic rings. The smallest absolute Gasteiger partial charge is 0.238 e. The van der Waals surface area contributed by atoms with Crippen molar-refractivity contribution in [3.63, 3.8) is 0 Å². The van der Waals surface area contributed by atoms with Crippen LogP contribution < -0.4 is 10.2 Å². The highest BCUT2D eigenvalue weighted by atomic mass is 16.2. The highest BCUT2D eigenvalue weighted by molar-refractivity contribution is 5.92. The lowest BCUT2D eigenvalue weighted by Gasteiger charge is -2.34. The quantitative estimate of drug-likeness (QED) is 0.781. The topological polar surface area (TPSA) is 55.9 Å². The molecule has 0 unspecified atom stereocenters. The maximum atomic E-state index is 12.6. The van der Waals surface area contributed by atoms with Crippen LogP contribution in [0.3, 0.4) is 0 Å². The number of anilines is 2. The summed E-state index contributed by atoms with van der Waals surface area (Å²) in [6.45, 7) is 7.42. The van der Waals surface area contributed by atoms with Crippen molar-refractivity contribution in [3.8, 4) is 0 Å². The number of hydrogen-bond donors (Lipinski definition) is 1. The van der Waals surface area contributed by atoms with Gasteiger partial charge in [0, 0.05) is 50.6 Å². The van der Waals surface area contributed by atoms with E-state index in [-0.39, 0.29) is 11.8 Å². The van der Waals surface area contributed by atoms with Crippen LogP contribution in [0.4, 0.5) is 11.4 Å². The number of aryl methyl sites for hydroxylation is 1. The van der Waals surface area contributed by atoms with Crippen molar-refractivity contribution in [2.24, 2.45) is 0 Å². The lowest BCUT2D eigenvalue weighted by molar-refractivity contribution is -0.132. The van der Waals surface area contributed by atoms with Crippen molar-refractivity contribution >= 4 is 23.2 Å². The van der Waals surface area contributed by atoms with Crippen molar-refractivity contribution in [2.45, 2.75) is 26.2 Å². The van der Waals surface area contributed by atoms with Crippen LogP contribution in [0.5, 0.6) is 0 Å². The van der Waals surface area contributed by atoms with Gasteiger partial charge in [-0.25, -0.2) is 0 Å². The molecule has 6 nitrogen and oxygen atoms in total. The first kappa shape index (κ1) is 21.4. The maximum absolute atomic E-state index is 12.6. The Bertz CT molecular complexity index is 881. The van der Waals surface area contributed by atoms with E-state index in [4.69, 9.17) is 0 Å². The van der Waals surface area contributed by atoms with Crippen molar-refractivity contribution in [2.75, 3.05) is 56.0 Å². The highest BCUT2D eigenvalue weighted by Crippen LogP contribution is 2.22. The van der Waals surface area contributed by atoms with Crippen molar-refractivity contribution in [1.82, 2.24) is 9.80 Å².